The third kappa shape index (κ3) is 2.45. The van der Waals surface area contributed by atoms with E-state index in [-0.39, 0.29) is 22.2 Å². The van der Waals surface area contributed by atoms with Crippen LogP contribution >= 0.6 is 11.6 Å². The van der Waals surface area contributed by atoms with Crippen molar-refractivity contribution in [1.82, 2.24) is 10.1 Å². The van der Waals surface area contributed by atoms with Crippen LogP contribution in [0.15, 0.2) is 16.7 Å². The van der Waals surface area contributed by atoms with Crippen molar-refractivity contribution in [3.8, 4) is 5.75 Å². The van der Waals surface area contributed by atoms with Crippen LogP contribution in [0.3, 0.4) is 0 Å². The van der Waals surface area contributed by atoms with Crippen LogP contribution in [-0.2, 0) is 0 Å². The molecule has 1 aliphatic carbocycles. The fourth-order valence-corrected chi connectivity index (χ4v) is 4.93. The number of benzene rings is 1. The Balaban J connectivity index is 1.50. The molecule has 0 amide bonds. The van der Waals surface area contributed by atoms with E-state index in [2.05, 4.69) is 20.1 Å². The molecule has 9 heteroatoms. The predicted molar refractivity (Wildman–Crippen MR) is 89.4 cm³/mol. The van der Waals surface area contributed by atoms with Crippen LogP contribution in [0.4, 0.5) is 19.0 Å². The second kappa shape index (κ2) is 5.42. The minimum absolute atomic E-state index is 0.0940. The lowest BCUT2D eigenvalue weighted by atomic mass is 9.77. The molecule has 3 saturated heterocycles. The lowest BCUT2D eigenvalue weighted by Crippen LogP contribution is -2.62. The highest BCUT2D eigenvalue weighted by Gasteiger charge is 2.60. The van der Waals surface area contributed by atoms with Crippen LogP contribution < -0.4 is 10.1 Å². The van der Waals surface area contributed by atoms with Crippen molar-refractivity contribution >= 4 is 28.4 Å². The number of anilines is 1. The SMILES string of the molecule is FC(F)(F)Oc1c(Cl)ccc2c(N[C@@H]3C4CCN(CC4)C34CC4)noc12. The quantitative estimate of drug-likeness (QED) is 0.845. The molecule has 5 nitrogen and oxygen atoms in total. The Labute approximate surface area is 152 Å². The Hall–Kier alpha value is -1.67. The number of rotatable bonds is 3. The third-order valence-electron chi connectivity index (χ3n) is 6.04. The monoisotopic (exact) mass is 387 g/mol. The summed E-state index contributed by atoms with van der Waals surface area (Å²) < 4.78 is 47.3. The highest BCUT2D eigenvalue weighted by Crippen LogP contribution is 2.55. The van der Waals surface area contributed by atoms with Gasteiger partial charge in [0.25, 0.3) is 0 Å². The second-order valence-corrected chi connectivity index (χ2v) is 7.79. The molecule has 1 N–H and O–H groups in total. The minimum Gasteiger partial charge on any atom is -0.400 e. The number of hydrogen-bond donors (Lipinski definition) is 1. The molecule has 2 aromatic rings. The van der Waals surface area contributed by atoms with E-state index in [4.69, 9.17) is 16.1 Å². The van der Waals surface area contributed by atoms with Crippen LogP contribution in [0.5, 0.6) is 5.75 Å². The van der Waals surface area contributed by atoms with Gasteiger partial charge in [-0.3, -0.25) is 4.90 Å². The first kappa shape index (κ1) is 16.5. The van der Waals surface area contributed by atoms with Crippen molar-refractivity contribution in [2.75, 3.05) is 18.4 Å². The lowest BCUT2D eigenvalue weighted by Gasteiger charge is -2.52. The van der Waals surface area contributed by atoms with Crippen LogP contribution in [0.2, 0.25) is 5.02 Å². The molecule has 0 radical (unpaired) electrons. The van der Waals surface area contributed by atoms with Gasteiger partial charge in [0, 0.05) is 11.6 Å². The summed E-state index contributed by atoms with van der Waals surface area (Å²) in [6.45, 7) is 2.25. The van der Waals surface area contributed by atoms with E-state index in [0.717, 1.165) is 38.8 Å². The molecule has 3 aliphatic heterocycles. The molecule has 1 saturated carbocycles. The molecular weight excluding hydrogens is 371 g/mol. The Morgan fingerprint density at radius 1 is 1.27 bits per heavy atom. The Morgan fingerprint density at radius 2 is 2.00 bits per heavy atom. The largest absolute Gasteiger partial charge is 0.573 e. The molecule has 140 valence electrons. The summed E-state index contributed by atoms with van der Waals surface area (Å²) in [6.07, 6.45) is -0.310. The van der Waals surface area contributed by atoms with Crippen molar-refractivity contribution in [2.45, 2.75) is 43.6 Å². The van der Waals surface area contributed by atoms with Crippen molar-refractivity contribution in [1.29, 1.82) is 0 Å². The molecule has 4 fully saturated rings. The first-order valence-corrected chi connectivity index (χ1v) is 9.10. The van der Waals surface area contributed by atoms with Gasteiger partial charge in [-0.1, -0.05) is 16.8 Å². The number of halogens is 4. The van der Waals surface area contributed by atoms with Gasteiger partial charge < -0.3 is 14.6 Å². The maximum absolute atomic E-state index is 12.7. The molecule has 1 atom stereocenters. The molecule has 1 spiro atoms. The molecule has 1 aromatic heterocycles. The van der Waals surface area contributed by atoms with E-state index >= 15 is 0 Å². The molecule has 1 aromatic carbocycles. The first-order chi connectivity index (χ1) is 12.4. The van der Waals surface area contributed by atoms with Gasteiger partial charge in [0.05, 0.1) is 10.4 Å². The number of ether oxygens (including phenoxy) is 1. The molecule has 26 heavy (non-hydrogen) atoms. The van der Waals surface area contributed by atoms with Gasteiger partial charge in [0.15, 0.2) is 11.6 Å². The van der Waals surface area contributed by atoms with E-state index < -0.39 is 12.1 Å². The molecule has 0 unspecified atom stereocenters. The summed E-state index contributed by atoms with van der Waals surface area (Å²) >= 11 is 5.88. The summed E-state index contributed by atoms with van der Waals surface area (Å²) in [6, 6.07) is 3.22. The highest BCUT2D eigenvalue weighted by molar-refractivity contribution is 6.33. The van der Waals surface area contributed by atoms with Crippen LogP contribution in [-0.4, -0.2) is 41.1 Å². The molecular formula is C17H17ClF3N3O2. The zero-order valence-electron chi connectivity index (χ0n) is 13.8. The average molecular weight is 388 g/mol. The van der Waals surface area contributed by atoms with Gasteiger partial charge >= 0.3 is 6.36 Å². The maximum atomic E-state index is 12.7. The van der Waals surface area contributed by atoms with Gasteiger partial charge in [0.2, 0.25) is 5.58 Å². The number of fused-ring (bicyclic) bond motifs is 3. The van der Waals surface area contributed by atoms with Crippen molar-refractivity contribution in [3.05, 3.63) is 17.2 Å². The summed E-state index contributed by atoms with van der Waals surface area (Å²) in [4.78, 5) is 2.54. The minimum atomic E-state index is -4.85. The zero-order chi connectivity index (χ0) is 18.1. The lowest BCUT2D eigenvalue weighted by molar-refractivity contribution is -0.274. The van der Waals surface area contributed by atoms with Crippen molar-refractivity contribution < 1.29 is 22.4 Å². The first-order valence-electron chi connectivity index (χ1n) is 8.73. The van der Waals surface area contributed by atoms with Gasteiger partial charge in [-0.05, 0) is 56.8 Å². The number of piperidine rings is 3. The number of alkyl halides is 3. The molecule has 4 heterocycles. The zero-order valence-corrected chi connectivity index (χ0v) is 14.5. The Bertz CT molecular complexity index is 857. The highest BCUT2D eigenvalue weighted by atomic mass is 35.5. The third-order valence-corrected chi connectivity index (χ3v) is 6.34. The van der Waals surface area contributed by atoms with Crippen molar-refractivity contribution in [2.24, 2.45) is 5.92 Å². The normalized spacial score (nSPS) is 29.3. The molecule has 4 aliphatic rings. The summed E-state index contributed by atoms with van der Waals surface area (Å²) in [5, 5.41) is 7.74. The summed E-state index contributed by atoms with van der Waals surface area (Å²) in [5.74, 6) is 0.452. The average Bonchev–Trinajstić information content (AvgIpc) is 3.27. The fourth-order valence-electron chi connectivity index (χ4n) is 4.74. The van der Waals surface area contributed by atoms with E-state index in [0.29, 0.717) is 17.1 Å². The van der Waals surface area contributed by atoms with Gasteiger partial charge in [-0.2, -0.15) is 0 Å². The van der Waals surface area contributed by atoms with E-state index in [1.807, 2.05) is 0 Å². The van der Waals surface area contributed by atoms with Gasteiger partial charge in [-0.25, -0.2) is 0 Å². The summed E-state index contributed by atoms with van der Waals surface area (Å²) in [5.41, 5.74) is 0.0768. The van der Waals surface area contributed by atoms with Crippen molar-refractivity contribution in [3.63, 3.8) is 0 Å². The molecule has 2 bridgehead atoms. The van der Waals surface area contributed by atoms with E-state index in [1.54, 1.807) is 6.07 Å². The number of nitrogens with zero attached hydrogens (tertiary/aromatic N) is 2. The number of aromatic nitrogens is 1. The van der Waals surface area contributed by atoms with E-state index in [9.17, 15) is 13.2 Å². The topological polar surface area (TPSA) is 50.5 Å². The predicted octanol–water partition coefficient (Wildman–Crippen LogP) is 4.42. The number of hydrogen-bond acceptors (Lipinski definition) is 5. The maximum Gasteiger partial charge on any atom is 0.573 e. The van der Waals surface area contributed by atoms with Crippen LogP contribution in [0.1, 0.15) is 25.7 Å². The Kier molecular flexibility index (Phi) is 3.44. The fraction of sp³-hybridized carbons (Fsp3) is 0.588. The van der Waals surface area contributed by atoms with Gasteiger partial charge in [0.1, 0.15) is 0 Å². The summed E-state index contributed by atoms with van der Waals surface area (Å²) in [7, 11) is 0. The molecule has 6 rings (SSSR count). The van der Waals surface area contributed by atoms with Crippen LogP contribution in [0, 0.1) is 5.92 Å². The van der Waals surface area contributed by atoms with E-state index in [1.165, 1.54) is 6.07 Å². The smallest absolute Gasteiger partial charge is 0.400 e. The second-order valence-electron chi connectivity index (χ2n) is 7.38. The van der Waals surface area contributed by atoms with Gasteiger partial charge in [-0.15, -0.1) is 13.2 Å². The van der Waals surface area contributed by atoms with Crippen LogP contribution in [0.25, 0.3) is 11.0 Å². The number of nitrogens with one attached hydrogen (secondary N) is 1. The Morgan fingerprint density at radius 3 is 2.65 bits per heavy atom. The standard InChI is InChI=1S/C17H17ClF3N3O2/c18-11-2-1-10-12(13(11)25-17(19,20)21)26-23-15(10)22-14-9-3-7-24(8-4-9)16(14)5-6-16/h1-2,9,14H,3-8H2,(H,22,23)/t14-/m1/s1.